The number of hydrogen-bond acceptors (Lipinski definition) is 4. The van der Waals surface area contributed by atoms with Crippen LogP contribution in [0.5, 0.6) is 0 Å². The molecule has 3 saturated carbocycles. The van der Waals surface area contributed by atoms with E-state index in [0.717, 1.165) is 31.7 Å². The lowest BCUT2D eigenvalue weighted by Crippen LogP contribution is -2.51. The number of aromatic nitrogens is 3. The smallest absolute Gasteiger partial charge is 0.308 e. The number of carboxylic acid groups (broad SMARTS) is 1. The fourth-order valence-corrected chi connectivity index (χ4v) is 6.01. The van der Waals surface area contributed by atoms with Crippen molar-refractivity contribution in [1.29, 1.82) is 0 Å². The van der Waals surface area contributed by atoms with Crippen molar-refractivity contribution in [2.45, 2.75) is 31.7 Å². The minimum Gasteiger partial charge on any atom is -0.481 e. The Morgan fingerprint density at radius 2 is 1.82 bits per heavy atom. The molecule has 7 rings (SSSR count). The summed E-state index contributed by atoms with van der Waals surface area (Å²) in [6.45, 7) is 0. The van der Waals surface area contributed by atoms with Crippen molar-refractivity contribution in [2.24, 2.45) is 17.8 Å². The zero-order valence-electron chi connectivity index (χ0n) is 18.0. The van der Waals surface area contributed by atoms with E-state index < -0.39 is 23.5 Å². The molecule has 9 heteroatoms. The zero-order chi connectivity index (χ0) is 23.6. The van der Waals surface area contributed by atoms with Crippen LogP contribution in [0.1, 0.15) is 25.7 Å². The van der Waals surface area contributed by atoms with Crippen molar-refractivity contribution in [1.82, 2.24) is 15.0 Å². The normalized spacial score (nSPS) is 24.1. The molecule has 0 amide bonds. The molecule has 3 fully saturated rings. The van der Waals surface area contributed by atoms with Crippen molar-refractivity contribution in [2.75, 3.05) is 5.32 Å². The SMILES string of the molecule is O=C(O)[C@@H]1C2CCC(CC2)C1Nc1nc(-c2c[nH]c3c(F)cc(F)cc23)nc2cc(Cl)ccc12. The molecule has 1 unspecified atom stereocenters. The average Bonchev–Trinajstić information content (AvgIpc) is 3.23. The quantitative estimate of drug-likeness (QED) is 0.331. The minimum absolute atomic E-state index is 0.140. The van der Waals surface area contributed by atoms with Crippen LogP contribution in [-0.2, 0) is 4.79 Å². The van der Waals surface area contributed by atoms with Crippen LogP contribution in [0.3, 0.4) is 0 Å². The van der Waals surface area contributed by atoms with E-state index in [1.165, 1.54) is 6.07 Å². The lowest BCUT2D eigenvalue weighted by Gasteiger charge is -2.47. The second-order valence-electron chi connectivity index (χ2n) is 9.28. The number of nitrogens with one attached hydrogen (secondary N) is 2. The van der Waals surface area contributed by atoms with Crippen LogP contribution in [0.25, 0.3) is 33.2 Å². The number of nitrogens with zero attached hydrogens (tertiary/aromatic N) is 2. The summed E-state index contributed by atoms with van der Waals surface area (Å²) < 4.78 is 28.3. The maximum Gasteiger partial charge on any atom is 0.308 e. The standard InChI is InChI=1S/C25H21ClF2N4O2/c26-13-5-6-15-19(7-13)30-24(17-10-29-22-16(17)8-14(27)9-18(22)28)32-23(15)31-21-12-3-1-11(2-4-12)20(21)25(33)34/h5-12,20-21,29H,1-4H2,(H,33,34)(H,30,31,32)/t11?,12?,20-,21?/m1/s1. The van der Waals surface area contributed by atoms with Crippen LogP contribution < -0.4 is 5.32 Å². The van der Waals surface area contributed by atoms with Crippen molar-refractivity contribution < 1.29 is 18.7 Å². The Hall–Kier alpha value is -3.26. The molecule has 2 aromatic carbocycles. The summed E-state index contributed by atoms with van der Waals surface area (Å²) in [5, 5.41) is 14.9. The summed E-state index contributed by atoms with van der Waals surface area (Å²) in [5.41, 5.74) is 1.16. The Kier molecular flexibility index (Phi) is 4.95. The number of H-pyrrole nitrogens is 1. The lowest BCUT2D eigenvalue weighted by molar-refractivity contribution is -0.148. The molecule has 2 atom stereocenters. The van der Waals surface area contributed by atoms with Crippen LogP contribution >= 0.6 is 11.6 Å². The van der Waals surface area contributed by atoms with Gasteiger partial charge in [0.05, 0.1) is 17.0 Å². The van der Waals surface area contributed by atoms with Crippen molar-refractivity contribution in [3.8, 4) is 11.4 Å². The van der Waals surface area contributed by atoms with E-state index in [4.69, 9.17) is 16.6 Å². The summed E-state index contributed by atoms with van der Waals surface area (Å²) in [6, 6.07) is 7.03. The predicted octanol–water partition coefficient (Wildman–Crippen LogP) is 6.01. The molecule has 0 radical (unpaired) electrons. The molecule has 4 aromatic rings. The van der Waals surface area contributed by atoms with Gasteiger partial charge < -0.3 is 15.4 Å². The minimum atomic E-state index is -0.795. The molecule has 2 bridgehead atoms. The molecule has 0 spiro atoms. The van der Waals surface area contributed by atoms with Gasteiger partial charge in [0.2, 0.25) is 0 Å². The lowest BCUT2D eigenvalue weighted by atomic mass is 9.61. The largest absolute Gasteiger partial charge is 0.481 e. The number of aliphatic carboxylic acids is 1. The first-order valence-electron chi connectivity index (χ1n) is 11.3. The Labute approximate surface area is 198 Å². The highest BCUT2D eigenvalue weighted by Crippen LogP contribution is 2.47. The van der Waals surface area contributed by atoms with Gasteiger partial charge in [-0.05, 0) is 61.8 Å². The van der Waals surface area contributed by atoms with Crippen LogP contribution in [0.2, 0.25) is 5.02 Å². The second-order valence-corrected chi connectivity index (χ2v) is 9.72. The van der Waals surface area contributed by atoms with Crippen LogP contribution in [0.4, 0.5) is 14.6 Å². The van der Waals surface area contributed by atoms with Crippen molar-refractivity contribution in [3.63, 3.8) is 0 Å². The number of benzene rings is 2. The van der Waals surface area contributed by atoms with E-state index in [1.807, 2.05) is 0 Å². The van der Waals surface area contributed by atoms with Gasteiger partial charge in [0, 0.05) is 39.7 Å². The van der Waals surface area contributed by atoms with Gasteiger partial charge in [0.1, 0.15) is 17.5 Å². The zero-order valence-corrected chi connectivity index (χ0v) is 18.7. The molecular formula is C25H21ClF2N4O2. The maximum absolute atomic E-state index is 14.3. The number of anilines is 1. The van der Waals surface area contributed by atoms with E-state index in [0.29, 0.717) is 32.7 Å². The third-order valence-electron chi connectivity index (χ3n) is 7.41. The topological polar surface area (TPSA) is 90.9 Å². The molecule has 0 aliphatic heterocycles. The number of carboxylic acids is 1. The molecule has 34 heavy (non-hydrogen) atoms. The second kappa shape index (κ2) is 7.91. The number of carbonyl (C=O) groups is 1. The monoisotopic (exact) mass is 482 g/mol. The van der Waals surface area contributed by atoms with E-state index in [2.05, 4.69) is 15.3 Å². The molecule has 174 valence electrons. The van der Waals surface area contributed by atoms with Gasteiger partial charge in [-0.15, -0.1) is 0 Å². The van der Waals surface area contributed by atoms with Gasteiger partial charge in [0.25, 0.3) is 0 Å². The molecule has 0 saturated heterocycles. The summed E-state index contributed by atoms with van der Waals surface area (Å²) in [4.78, 5) is 24.4. The first kappa shape index (κ1) is 21.3. The molecule has 3 aliphatic rings. The Balaban J connectivity index is 1.51. The molecule has 6 nitrogen and oxygen atoms in total. The van der Waals surface area contributed by atoms with Crippen LogP contribution in [0.15, 0.2) is 36.5 Å². The number of hydrogen-bond donors (Lipinski definition) is 3. The Morgan fingerprint density at radius 1 is 1.06 bits per heavy atom. The van der Waals surface area contributed by atoms with Crippen LogP contribution in [0, 0.1) is 29.4 Å². The fourth-order valence-electron chi connectivity index (χ4n) is 5.84. The maximum atomic E-state index is 14.3. The van der Waals surface area contributed by atoms with Gasteiger partial charge in [0.15, 0.2) is 5.82 Å². The third-order valence-corrected chi connectivity index (χ3v) is 7.65. The van der Waals surface area contributed by atoms with Crippen molar-refractivity contribution >= 4 is 45.2 Å². The summed E-state index contributed by atoms with van der Waals surface area (Å²) >= 11 is 6.23. The van der Waals surface area contributed by atoms with Crippen LogP contribution in [-0.4, -0.2) is 32.1 Å². The number of rotatable bonds is 4. The molecule has 2 aromatic heterocycles. The summed E-state index contributed by atoms with van der Waals surface area (Å²) in [5.74, 6) is -1.56. The van der Waals surface area contributed by atoms with Gasteiger partial charge in [-0.3, -0.25) is 4.79 Å². The fraction of sp³-hybridized carbons (Fsp3) is 0.320. The molecule has 2 heterocycles. The van der Waals surface area contributed by atoms with E-state index >= 15 is 0 Å². The third kappa shape index (κ3) is 3.39. The van der Waals surface area contributed by atoms with E-state index in [-0.39, 0.29) is 29.2 Å². The number of aromatic amines is 1. The highest BCUT2D eigenvalue weighted by Gasteiger charge is 2.47. The van der Waals surface area contributed by atoms with Gasteiger partial charge in [-0.1, -0.05) is 11.6 Å². The molecular weight excluding hydrogens is 462 g/mol. The van der Waals surface area contributed by atoms with E-state index in [1.54, 1.807) is 24.4 Å². The highest BCUT2D eigenvalue weighted by molar-refractivity contribution is 6.31. The molecule has 3 N–H and O–H groups in total. The van der Waals surface area contributed by atoms with Gasteiger partial charge >= 0.3 is 5.97 Å². The van der Waals surface area contributed by atoms with Gasteiger partial charge in [-0.2, -0.15) is 0 Å². The molecule has 3 aliphatic carbocycles. The average molecular weight is 483 g/mol. The van der Waals surface area contributed by atoms with E-state index in [9.17, 15) is 18.7 Å². The Morgan fingerprint density at radius 3 is 2.59 bits per heavy atom. The predicted molar refractivity (Wildman–Crippen MR) is 126 cm³/mol. The summed E-state index contributed by atoms with van der Waals surface area (Å²) in [6.07, 6.45) is 5.37. The van der Waals surface area contributed by atoms with Crippen molar-refractivity contribution in [3.05, 3.63) is 53.2 Å². The number of fused-ring (bicyclic) bond motifs is 5. The first-order valence-corrected chi connectivity index (χ1v) is 11.7. The number of halogens is 3. The Bertz CT molecular complexity index is 1450. The summed E-state index contributed by atoms with van der Waals surface area (Å²) in [7, 11) is 0. The van der Waals surface area contributed by atoms with Gasteiger partial charge in [-0.25, -0.2) is 18.7 Å². The first-order chi connectivity index (χ1) is 16.4. The highest BCUT2D eigenvalue weighted by atomic mass is 35.5.